The molecule has 0 heterocycles. The minimum absolute atomic E-state index is 0.0754. The van der Waals surface area contributed by atoms with E-state index in [1.807, 2.05) is 13.8 Å². The molecule has 3 N–H and O–H groups in total. The van der Waals surface area contributed by atoms with E-state index in [2.05, 4.69) is 0 Å². The van der Waals surface area contributed by atoms with Gasteiger partial charge in [-0.25, -0.2) is 8.42 Å². The van der Waals surface area contributed by atoms with Gasteiger partial charge in [-0.1, -0.05) is 38.2 Å². The van der Waals surface area contributed by atoms with Gasteiger partial charge in [0.15, 0.2) is 0 Å². The molecular weight excluding hydrogens is 308 g/mol. The molecule has 1 aromatic rings. The summed E-state index contributed by atoms with van der Waals surface area (Å²) in [5.74, 6) is 0. The number of hydrogen-bond donors (Lipinski definition) is 2. The molecule has 5 nitrogen and oxygen atoms in total. The Morgan fingerprint density at radius 1 is 1.38 bits per heavy atom. The monoisotopic (exact) mass is 330 g/mol. The van der Waals surface area contributed by atoms with E-state index in [4.69, 9.17) is 18.0 Å². The second-order valence-electron chi connectivity index (χ2n) is 4.70. The summed E-state index contributed by atoms with van der Waals surface area (Å²) in [7, 11) is -3.68. The van der Waals surface area contributed by atoms with E-state index in [0.29, 0.717) is 18.4 Å². The van der Waals surface area contributed by atoms with Crippen LogP contribution in [0.2, 0.25) is 0 Å². The van der Waals surface area contributed by atoms with E-state index in [0.717, 1.165) is 0 Å². The van der Waals surface area contributed by atoms with Gasteiger partial charge in [-0.15, -0.1) is 0 Å². The molecule has 0 atom stereocenters. The number of nitrogens with zero attached hydrogens (tertiary/aromatic N) is 1. The Kier molecular flexibility index (Phi) is 6.73. The fraction of sp³-hybridized carbons (Fsp3) is 0.500. The molecule has 0 aliphatic carbocycles. The standard InChI is InChI=1S/C14H22N2O3S2/c1-3-12(4-2)16(8-9-17)21(18,19)13-7-5-6-11(10-13)14(15)20/h5-7,10,12,17H,3-4,8-9H2,1-2H3,(H2,15,20). The van der Waals surface area contributed by atoms with E-state index in [-0.39, 0.29) is 29.1 Å². The quantitative estimate of drug-likeness (QED) is 0.706. The smallest absolute Gasteiger partial charge is 0.243 e. The molecule has 0 radical (unpaired) electrons. The highest BCUT2D eigenvalue weighted by molar-refractivity contribution is 7.89. The van der Waals surface area contributed by atoms with Crippen LogP contribution in [0.3, 0.4) is 0 Å². The first-order valence-electron chi connectivity index (χ1n) is 6.91. The Hall–Kier alpha value is -1.02. The van der Waals surface area contributed by atoms with E-state index < -0.39 is 10.0 Å². The van der Waals surface area contributed by atoms with Crippen LogP contribution in [0.15, 0.2) is 29.2 Å². The molecule has 0 bridgehead atoms. The van der Waals surface area contributed by atoms with Gasteiger partial charge < -0.3 is 10.8 Å². The van der Waals surface area contributed by atoms with Crippen molar-refractivity contribution in [1.82, 2.24) is 4.31 Å². The van der Waals surface area contributed by atoms with Crippen LogP contribution < -0.4 is 5.73 Å². The van der Waals surface area contributed by atoms with Gasteiger partial charge in [-0.3, -0.25) is 0 Å². The van der Waals surface area contributed by atoms with Crippen LogP contribution in [0.4, 0.5) is 0 Å². The maximum atomic E-state index is 12.8. The molecular formula is C14H22N2O3S2. The van der Waals surface area contributed by atoms with E-state index in [1.165, 1.54) is 16.4 Å². The molecule has 0 amide bonds. The van der Waals surface area contributed by atoms with Gasteiger partial charge in [0.2, 0.25) is 10.0 Å². The highest BCUT2D eigenvalue weighted by Crippen LogP contribution is 2.22. The second kappa shape index (κ2) is 7.84. The summed E-state index contributed by atoms with van der Waals surface area (Å²) >= 11 is 4.89. The van der Waals surface area contributed by atoms with Gasteiger partial charge in [0.05, 0.1) is 11.5 Å². The third-order valence-corrected chi connectivity index (χ3v) is 5.58. The average molecular weight is 330 g/mol. The summed E-state index contributed by atoms with van der Waals surface area (Å²) in [6.07, 6.45) is 1.37. The zero-order valence-electron chi connectivity index (χ0n) is 12.3. The van der Waals surface area contributed by atoms with Crippen molar-refractivity contribution in [2.75, 3.05) is 13.2 Å². The van der Waals surface area contributed by atoms with Crippen molar-refractivity contribution in [3.8, 4) is 0 Å². The van der Waals surface area contributed by atoms with E-state index >= 15 is 0 Å². The SMILES string of the molecule is CCC(CC)N(CCO)S(=O)(=O)c1cccc(C(N)=S)c1. The predicted octanol–water partition coefficient (Wildman–Crippen LogP) is 1.49. The molecule has 0 aliphatic heterocycles. The lowest BCUT2D eigenvalue weighted by Gasteiger charge is -2.29. The van der Waals surface area contributed by atoms with Gasteiger partial charge in [-0.2, -0.15) is 4.31 Å². The molecule has 0 saturated carbocycles. The number of sulfonamides is 1. The first-order chi connectivity index (χ1) is 9.88. The lowest BCUT2D eigenvalue weighted by Crippen LogP contribution is -2.41. The third kappa shape index (κ3) is 4.23. The number of rotatable bonds is 8. The summed E-state index contributed by atoms with van der Waals surface area (Å²) in [5.41, 5.74) is 6.07. The second-order valence-corrected chi connectivity index (χ2v) is 7.03. The number of hydrogen-bond acceptors (Lipinski definition) is 4. The van der Waals surface area contributed by atoms with Crippen molar-refractivity contribution < 1.29 is 13.5 Å². The van der Waals surface area contributed by atoms with Crippen molar-refractivity contribution in [3.05, 3.63) is 29.8 Å². The molecule has 7 heteroatoms. The van der Waals surface area contributed by atoms with Crippen molar-refractivity contribution >= 4 is 27.2 Å². The summed E-state index contributed by atoms with van der Waals surface area (Å²) in [6.45, 7) is 3.72. The highest BCUT2D eigenvalue weighted by atomic mass is 32.2. The minimum Gasteiger partial charge on any atom is -0.395 e. The van der Waals surface area contributed by atoms with E-state index in [9.17, 15) is 13.5 Å². The first kappa shape index (κ1) is 18.0. The van der Waals surface area contributed by atoms with Gasteiger partial charge in [0, 0.05) is 18.2 Å². The third-order valence-electron chi connectivity index (χ3n) is 3.40. The predicted molar refractivity (Wildman–Crippen MR) is 87.7 cm³/mol. The number of aliphatic hydroxyl groups is 1. The Morgan fingerprint density at radius 3 is 2.48 bits per heavy atom. The zero-order chi connectivity index (χ0) is 16.0. The maximum Gasteiger partial charge on any atom is 0.243 e. The van der Waals surface area contributed by atoms with Crippen LogP contribution in [0.25, 0.3) is 0 Å². The number of benzene rings is 1. The zero-order valence-corrected chi connectivity index (χ0v) is 14.0. The normalized spacial score (nSPS) is 12.0. The minimum atomic E-state index is -3.68. The Morgan fingerprint density at radius 2 is 2.00 bits per heavy atom. The number of nitrogens with two attached hydrogens (primary N) is 1. The van der Waals surface area contributed by atoms with Crippen molar-refractivity contribution in [2.45, 2.75) is 37.6 Å². The topological polar surface area (TPSA) is 83.6 Å². The molecule has 21 heavy (non-hydrogen) atoms. The van der Waals surface area contributed by atoms with Crippen molar-refractivity contribution in [3.63, 3.8) is 0 Å². The first-order valence-corrected chi connectivity index (χ1v) is 8.75. The summed E-state index contributed by atoms with van der Waals surface area (Å²) in [6, 6.07) is 6.14. The average Bonchev–Trinajstić information content (AvgIpc) is 2.47. The fourth-order valence-corrected chi connectivity index (χ4v) is 4.18. The molecule has 0 spiro atoms. The molecule has 0 aliphatic rings. The van der Waals surface area contributed by atoms with E-state index in [1.54, 1.807) is 12.1 Å². The van der Waals surface area contributed by atoms with Gasteiger partial charge >= 0.3 is 0 Å². The summed E-state index contributed by atoms with van der Waals surface area (Å²) < 4.78 is 26.9. The maximum absolute atomic E-state index is 12.8. The van der Waals surface area contributed by atoms with Crippen LogP contribution in [0.1, 0.15) is 32.3 Å². The van der Waals surface area contributed by atoms with Crippen molar-refractivity contribution in [1.29, 1.82) is 0 Å². The largest absolute Gasteiger partial charge is 0.395 e. The highest BCUT2D eigenvalue weighted by Gasteiger charge is 2.29. The lowest BCUT2D eigenvalue weighted by atomic mass is 10.2. The lowest BCUT2D eigenvalue weighted by molar-refractivity contribution is 0.219. The fourth-order valence-electron chi connectivity index (χ4n) is 2.24. The Labute approximate surface area is 131 Å². The molecule has 0 aromatic heterocycles. The van der Waals surface area contributed by atoms with Gasteiger partial charge in [-0.05, 0) is 25.0 Å². The van der Waals surface area contributed by atoms with Crippen LogP contribution in [0.5, 0.6) is 0 Å². The van der Waals surface area contributed by atoms with Crippen LogP contribution in [-0.2, 0) is 10.0 Å². The Balaban J connectivity index is 3.28. The van der Waals surface area contributed by atoms with Crippen molar-refractivity contribution in [2.24, 2.45) is 5.73 Å². The molecule has 0 unspecified atom stereocenters. The molecule has 0 fully saturated rings. The van der Waals surface area contributed by atoms with Gasteiger partial charge in [0.25, 0.3) is 0 Å². The number of aliphatic hydroxyl groups excluding tert-OH is 1. The molecule has 118 valence electrons. The Bertz CT molecular complexity index is 584. The van der Waals surface area contributed by atoms with Crippen LogP contribution >= 0.6 is 12.2 Å². The van der Waals surface area contributed by atoms with Crippen LogP contribution in [0, 0.1) is 0 Å². The summed E-state index contributed by atoms with van der Waals surface area (Å²) in [5, 5.41) is 9.18. The molecule has 1 aromatic carbocycles. The summed E-state index contributed by atoms with van der Waals surface area (Å²) in [4.78, 5) is 0.302. The van der Waals surface area contributed by atoms with Gasteiger partial charge in [0.1, 0.15) is 4.99 Å². The molecule has 1 rings (SSSR count). The number of thiocarbonyl (C=S) groups is 1. The van der Waals surface area contributed by atoms with Crippen LogP contribution in [-0.4, -0.2) is 42.0 Å². The molecule has 0 saturated heterocycles.